The fourth-order valence-corrected chi connectivity index (χ4v) is 2.63. The van der Waals surface area contributed by atoms with E-state index in [4.69, 9.17) is 10.00 Å². The van der Waals surface area contributed by atoms with E-state index in [-0.39, 0.29) is 17.4 Å². The topological polar surface area (TPSA) is 75.8 Å². The van der Waals surface area contributed by atoms with Gasteiger partial charge in [0.15, 0.2) is 17.5 Å². The van der Waals surface area contributed by atoms with Gasteiger partial charge in [-0.05, 0) is 43.3 Å². The van der Waals surface area contributed by atoms with Crippen LogP contribution in [0.25, 0.3) is 0 Å². The Kier molecular flexibility index (Phi) is 7.29. The average Bonchev–Trinajstić information content (AvgIpc) is 2.68. The van der Waals surface area contributed by atoms with Crippen molar-refractivity contribution in [2.45, 2.75) is 26.1 Å². The van der Waals surface area contributed by atoms with Crippen LogP contribution in [0.4, 0.5) is 14.5 Å². The number of likely N-dealkylation sites (N-methyl/N-ethyl adjacent to an activating group) is 1. The summed E-state index contributed by atoms with van der Waals surface area (Å²) in [4.78, 5) is 13.4. The van der Waals surface area contributed by atoms with Crippen molar-refractivity contribution in [3.63, 3.8) is 0 Å². The summed E-state index contributed by atoms with van der Waals surface area (Å²) in [5, 5.41) is 11.7. The summed E-state index contributed by atoms with van der Waals surface area (Å²) < 4.78 is 34.4. The van der Waals surface area contributed by atoms with Crippen LogP contribution in [-0.2, 0) is 11.3 Å². The number of hydrogen-bond donors (Lipinski definition) is 2. The molecular weight excluding hydrogens is 368 g/mol. The lowest BCUT2D eigenvalue weighted by molar-refractivity contribution is -0.907. The molecule has 148 valence electrons. The lowest BCUT2D eigenvalue weighted by Gasteiger charge is -2.21. The Labute approximate surface area is 162 Å². The van der Waals surface area contributed by atoms with Crippen LogP contribution in [0.1, 0.15) is 18.1 Å². The molecule has 0 aliphatic rings. The summed E-state index contributed by atoms with van der Waals surface area (Å²) in [5.74, 6) is -0.0321. The molecule has 0 radical (unpaired) electrons. The van der Waals surface area contributed by atoms with Gasteiger partial charge >= 0.3 is 6.61 Å². The maximum absolute atomic E-state index is 12.5. The van der Waals surface area contributed by atoms with E-state index in [1.807, 2.05) is 13.1 Å². The van der Waals surface area contributed by atoms with Crippen molar-refractivity contribution in [3.8, 4) is 17.6 Å². The minimum absolute atomic E-state index is 0.0398. The highest BCUT2D eigenvalue weighted by Crippen LogP contribution is 2.29. The van der Waals surface area contributed by atoms with Gasteiger partial charge in [0.25, 0.3) is 5.91 Å². The van der Waals surface area contributed by atoms with Gasteiger partial charge in [0.2, 0.25) is 0 Å². The van der Waals surface area contributed by atoms with Crippen molar-refractivity contribution in [1.82, 2.24) is 0 Å². The lowest BCUT2D eigenvalue weighted by atomic mass is 10.1. The van der Waals surface area contributed by atoms with Gasteiger partial charge in [-0.3, -0.25) is 4.79 Å². The summed E-state index contributed by atoms with van der Waals surface area (Å²) in [7, 11) is 3.23. The first-order valence-corrected chi connectivity index (χ1v) is 8.59. The van der Waals surface area contributed by atoms with Gasteiger partial charge in [-0.25, -0.2) is 0 Å². The molecule has 0 heterocycles. The van der Waals surface area contributed by atoms with Crippen LogP contribution in [0.2, 0.25) is 0 Å². The third-order valence-corrected chi connectivity index (χ3v) is 4.32. The SMILES string of the molecule is COc1cc(C[NH+](C)[C@@H](C)C(=O)Nc2cccc(C#N)c2)ccc1OC(F)F. The Morgan fingerprint density at radius 1 is 1.25 bits per heavy atom. The molecule has 0 aliphatic carbocycles. The van der Waals surface area contributed by atoms with Gasteiger partial charge in [0.05, 0.1) is 25.8 Å². The molecule has 2 N–H and O–H groups in total. The Morgan fingerprint density at radius 3 is 2.64 bits per heavy atom. The number of rotatable bonds is 8. The molecule has 0 bridgehead atoms. The maximum Gasteiger partial charge on any atom is 0.387 e. The highest BCUT2D eigenvalue weighted by atomic mass is 19.3. The maximum atomic E-state index is 12.5. The second-order valence-corrected chi connectivity index (χ2v) is 6.29. The Hall–Kier alpha value is -3.18. The fraction of sp³-hybridized carbons (Fsp3) is 0.300. The number of alkyl halides is 2. The molecule has 2 aromatic carbocycles. The molecule has 2 aromatic rings. The number of anilines is 1. The first kappa shape index (κ1) is 21.1. The van der Waals surface area contributed by atoms with E-state index in [1.54, 1.807) is 43.3 Å². The van der Waals surface area contributed by atoms with Gasteiger partial charge < -0.3 is 19.7 Å². The largest absolute Gasteiger partial charge is 0.493 e. The number of carbonyl (C=O) groups is 1. The van der Waals surface area contributed by atoms with Crippen molar-refractivity contribution in [3.05, 3.63) is 53.6 Å². The highest BCUT2D eigenvalue weighted by molar-refractivity contribution is 5.93. The monoisotopic (exact) mass is 390 g/mol. The van der Waals surface area contributed by atoms with Crippen molar-refractivity contribution >= 4 is 11.6 Å². The molecule has 2 rings (SSSR count). The van der Waals surface area contributed by atoms with E-state index in [0.29, 0.717) is 17.8 Å². The summed E-state index contributed by atoms with van der Waals surface area (Å²) in [6.07, 6.45) is 0. The zero-order valence-corrected chi connectivity index (χ0v) is 15.8. The second kappa shape index (κ2) is 9.67. The Morgan fingerprint density at radius 2 is 2.00 bits per heavy atom. The number of benzene rings is 2. The van der Waals surface area contributed by atoms with Gasteiger partial charge in [-0.2, -0.15) is 14.0 Å². The van der Waals surface area contributed by atoms with Crippen molar-refractivity contribution in [1.29, 1.82) is 5.26 Å². The number of ether oxygens (including phenoxy) is 2. The number of nitrogens with one attached hydrogen (secondary N) is 2. The minimum Gasteiger partial charge on any atom is -0.493 e. The number of methoxy groups -OCH3 is 1. The van der Waals surface area contributed by atoms with Crippen LogP contribution in [0.5, 0.6) is 11.5 Å². The first-order chi connectivity index (χ1) is 13.3. The quantitative estimate of drug-likeness (QED) is 0.725. The molecule has 28 heavy (non-hydrogen) atoms. The molecule has 0 saturated carbocycles. The second-order valence-electron chi connectivity index (χ2n) is 6.29. The Balaban J connectivity index is 2.03. The molecule has 0 spiro atoms. The van der Waals surface area contributed by atoms with Crippen LogP contribution in [-0.4, -0.2) is 32.7 Å². The molecule has 0 saturated heterocycles. The Bertz CT molecular complexity index is 868. The molecule has 8 heteroatoms. The third-order valence-electron chi connectivity index (χ3n) is 4.32. The number of halogens is 2. The summed E-state index contributed by atoms with van der Waals surface area (Å²) in [6, 6.07) is 13.0. The van der Waals surface area contributed by atoms with Crippen LogP contribution >= 0.6 is 0 Å². The molecule has 2 atom stereocenters. The molecule has 6 nitrogen and oxygen atoms in total. The lowest BCUT2D eigenvalue weighted by Crippen LogP contribution is -3.12. The number of hydrogen-bond acceptors (Lipinski definition) is 4. The van der Waals surface area contributed by atoms with E-state index in [1.165, 1.54) is 13.2 Å². The first-order valence-electron chi connectivity index (χ1n) is 8.59. The number of nitriles is 1. The van der Waals surface area contributed by atoms with Crippen molar-refractivity contribution < 1.29 is 27.9 Å². The van der Waals surface area contributed by atoms with Crippen LogP contribution < -0.4 is 19.7 Å². The summed E-state index contributed by atoms with van der Waals surface area (Å²) in [6.45, 7) is -0.682. The predicted octanol–water partition coefficient (Wildman–Crippen LogP) is 2.21. The van der Waals surface area contributed by atoms with Gasteiger partial charge in [-0.15, -0.1) is 0 Å². The van der Waals surface area contributed by atoms with E-state index >= 15 is 0 Å². The number of amides is 1. The number of quaternary nitrogens is 1. The van der Waals surface area contributed by atoms with E-state index in [9.17, 15) is 13.6 Å². The van der Waals surface area contributed by atoms with E-state index < -0.39 is 12.7 Å². The molecule has 0 fully saturated rings. The molecule has 1 unspecified atom stereocenters. The number of carbonyl (C=O) groups excluding carboxylic acids is 1. The normalized spacial score (nSPS) is 12.8. The molecular formula is C20H22F2N3O3+. The van der Waals surface area contributed by atoms with Crippen molar-refractivity contribution in [2.24, 2.45) is 0 Å². The van der Waals surface area contributed by atoms with Crippen LogP contribution in [0.3, 0.4) is 0 Å². The summed E-state index contributed by atoms with van der Waals surface area (Å²) in [5.41, 5.74) is 1.82. The van der Waals surface area contributed by atoms with Crippen LogP contribution in [0.15, 0.2) is 42.5 Å². The molecule has 0 aliphatic heterocycles. The van der Waals surface area contributed by atoms with Gasteiger partial charge in [0, 0.05) is 11.3 Å². The molecule has 1 amide bonds. The zero-order valence-electron chi connectivity index (χ0n) is 15.8. The third kappa shape index (κ3) is 5.66. The zero-order chi connectivity index (χ0) is 20.7. The fourth-order valence-electron chi connectivity index (χ4n) is 2.63. The van der Waals surface area contributed by atoms with Crippen molar-refractivity contribution in [2.75, 3.05) is 19.5 Å². The predicted molar refractivity (Wildman–Crippen MR) is 99.5 cm³/mol. The smallest absolute Gasteiger partial charge is 0.387 e. The van der Waals surface area contributed by atoms with Crippen LogP contribution in [0, 0.1) is 11.3 Å². The minimum atomic E-state index is -2.93. The van der Waals surface area contributed by atoms with E-state index in [2.05, 4.69) is 10.1 Å². The number of nitrogens with zero attached hydrogens (tertiary/aromatic N) is 1. The standard InChI is InChI=1S/C20H21F2N3O3/c1-13(19(26)24-16-6-4-5-14(9-16)11-23)25(2)12-15-7-8-17(28-20(21)22)18(10-15)27-3/h4-10,13,20H,12H2,1-3H3,(H,24,26)/p+1/t13-/m0/s1. The molecule has 0 aromatic heterocycles. The summed E-state index contributed by atoms with van der Waals surface area (Å²) >= 11 is 0. The highest BCUT2D eigenvalue weighted by Gasteiger charge is 2.23. The van der Waals surface area contributed by atoms with Gasteiger partial charge in [0.1, 0.15) is 6.54 Å². The van der Waals surface area contributed by atoms with Gasteiger partial charge in [-0.1, -0.05) is 6.07 Å². The van der Waals surface area contributed by atoms with E-state index in [0.717, 1.165) is 10.5 Å². The average molecular weight is 390 g/mol.